The highest BCUT2D eigenvalue weighted by atomic mass is 35.5. The first-order valence-corrected chi connectivity index (χ1v) is 11.6. The predicted molar refractivity (Wildman–Crippen MR) is 133 cm³/mol. The Morgan fingerprint density at radius 2 is 1.79 bits per heavy atom. The summed E-state index contributed by atoms with van der Waals surface area (Å²) in [5.41, 5.74) is 4.24. The molecule has 0 aliphatic carbocycles. The summed E-state index contributed by atoms with van der Waals surface area (Å²) in [4.78, 5) is 17.1. The number of nitrogens with one attached hydrogen (secondary N) is 1. The Hall–Kier alpha value is -3.31. The van der Waals surface area contributed by atoms with Gasteiger partial charge in [-0.1, -0.05) is 53.6 Å². The van der Waals surface area contributed by atoms with E-state index in [9.17, 15) is 4.79 Å². The van der Waals surface area contributed by atoms with Gasteiger partial charge in [0.05, 0.1) is 24.1 Å². The van der Waals surface area contributed by atoms with Gasteiger partial charge in [-0.15, -0.1) is 0 Å². The number of fused-ring (bicyclic) bond motifs is 1. The summed E-state index contributed by atoms with van der Waals surface area (Å²) in [5.74, 6) is 1.85. The topological polar surface area (TPSA) is 56.1 Å². The van der Waals surface area contributed by atoms with Crippen LogP contribution in [0.1, 0.15) is 23.4 Å². The lowest BCUT2D eigenvalue weighted by atomic mass is 10.1. The smallest absolute Gasteiger partial charge is 0.224 e. The molecule has 5 nitrogen and oxygen atoms in total. The molecule has 6 heteroatoms. The molecule has 4 rings (SSSR count). The molecular formula is C27H28ClN3O2. The Balaban J connectivity index is 1.32. The number of halogens is 1. The summed E-state index contributed by atoms with van der Waals surface area (Å²) in [7, 11) is 0. The van der Waals surface area contributed by atoms with E-state index in [1.165, 1.54) is 5.56 Å². The molecule has 0 fully saturated rings. The number of aryl methyl sites for hydroxylation is 2. The lowest BCUT2D eigenvalue weighted by molar-refractivity contribution is -0.120. The van der Waals surface area contributed by atoms with Crippen molar-refractivity contribution in [2.75, 3.05) is 13.2 Å². The molecule has 1 amide bonds. The Morgan fingerprint density at radius 3 is 2.58 bits per heavy atom. The number of hydrogen-bond acceptors (Lipinski definition) is 3. The standard InChI is InChI=1S/C27H28ClN3O2/c1-20-7-13-23(14-8-20)33-18-4-17-31-25-6-3-2-5-24(25)30-26(31)15-16-29-27(32)19-21-9-11-22(28)12-10-21/h2-3,5-14H,4,15-19H2,1H3,(H,29,32). The number of hydrogen-bond donors (Lipinski definition) is 1. The van der Waals surface area contributed by atoms with Crippen LogP contribution < -0.4 is 10.1 Å². The maximum absolute atomic E-state index is 12.3. The molecule has 3 aromatic carbocycles. The van der Waals surface area contributed by atoms with Crippen LogP contribution in [-0.4, -0.2) is 28.6 Å². The first kappa shape index (κ1) is 22.9. The van der Waals surface area contributed by atoms with Gasteiger partial charge in [0.2, 0.25) is 5.91 Å². The predicted octanol–water partition coefficient (Wildman–Crippen LogP) is 5.37. The highest BCUT2D eigenvalue weighted by Crippen LogP contribution is 2.18. The van der Waals surface area contributed by atoms with Gasteiger partial charge in [0.25, 0.3) is 0 Å². The first-order valence-electron chi connectivity index (χ1n) is 11.2. The van der Waals surface area contributed by atoms with E-state index >= 15 is 0 Å². The van der Waals surface area contributed by atoms with Crippen LogP contribution in [0.3, 0.4) is 0 Å². The summed E-state index contributed by atoms with van der Waals surface area (Å²) in [6, 6.07) is 23.6. The first-order chi connectivity index (χ1) is 16.1. The molecule has 4 aromatic rings. The van der Waals surface area contributed by atoms with Gasteiger partial charge in [0.1, 0.15) is 11.6 Å². The van der Waals surface area contributed by atoms with Crippen LogP contribution in [0.5, 0.6) is 5.75 Å². The number of ether oxygens (including phenoxy) is 1. The lowest BCUT2D eigenvalue weighted by Crippen LogP contribution is -2.28. The van der Waals surface area contributed by atoms with E-state index in [4.69, 9.17) is 21.3 Å². The minimum Gasteiger partial charge on any atom is -0.494 e. The molecular weight excluding hydrogens is 434 g/mol. The van der Waals surface area contributed by atoms with Gasteiger partial charge in [-0.05, 0) is 55.3 Å². The van der Waals surface area contributed by atoms with E-state index in [1.54, 1.807) is 12.1 Å². The van der Waals surface area contributed by atoms with E-state index in [0.29, 0.717) is 31.0 Å². The number of carbonyl (C=O) groups excluding carboxylic acids is 1. The molecule has 1 aromatic heterocycles. The summed E-state index contributed by atoms with van der Waals surface area (Å²) < 4.78 is 8.12. The van der Waals surface area contributed by atoms with Crippen molar-refractivity contribution in [3.63, 3.8) is 0 Å². The van der Waals surface area contributed by atoms with E-state index < -0.39 is 0 Å². The van der Waals surface area contributed by atoms with Crippen molar-refractivity contribution in [2.24, 2.45) is 0 Å². The number of para-hydroxylation sites is 2. The van der Waals surface area contributed by atoms with Crippen molar-refractivity contribution in [3.8, 4) is 5.75 Å². The summed E-state index contributed by atoms with van der Waals surface area (Å²) in [6.07, 6.45) is 1.87. The van der Waals surface area contributed by atoms with Gasteiger partial charge >= 0.3 is 0 Å². The van der Waals surface area contributed by atoms with Crippen LogP contribution in [0, 0.1) is 6.92 Å². The van der Waals surface area contributed by atoms with Gasteiger partial charge < -0.3 is 14.6 Å². The monoisotopic (exact) mass is 461 g/mol. The highest BCUT2D eigenvalue weighted by molar-refractivity contribution is 6.30. The Labute approximate surface area is 199 Å². The molecule has 1 heterocycles. The van der Waals surface area contributed by atoms with E-state index in [0.717, 1.165) is 41.1 Å². The van der Waals surface area contributed by atoms with Crippen molar-refractivity contribution in [2.45, 2.75) is 32.7 Å². The SMILES string of the molecule is Cc1ccc(OCCCn2c(CCNC(=O)Cc3ccc(Cl)cc3)nc3ccccc32)cc1. The molecule has 1 N–H and O–H groups in total. The Morgan fingerprint density at radius 1 is 1.03 bits per heavy atom. The van der Waals surface area contributed by atoms with Gasteiger partial charge in [-0.2, -0.15) is 0 Å². The second-order valence-corrected chi connectivity index (χ2v) is 8.52. The Kier molecular flexibility index (Phi) is 7.63. The summed E-state index contributed by atoms with van der Waals surface area (Å²) in [6.45, 7) is 4.04. The minimum absolute atomic E-state index is 0.00789. The van der Waals surface area contributed by atoms with Crippen molar-refractivity contribution in [1.82, 2.24) is 14.9 Å². The molecule has 0 aliphatic rings. The van der Waals surface area contributed by atoms with Gasteiger partial charge in [-0.3, -0.25) is 4.79 Å². The van der Waals surface area contributed by atoms with Crippen LogP contribution in [0.25, 0.3) is 11.0 Å². The van der Waals surface area contributed by atoms with Crippen LogP contribution in [0.15, 0.2) is 72.8 Å². The molecule has 0 saturated heterocycles. The van der Waals surface area contributed by atoms with Crippen LogP contribution in [0.2, 0.25) is 5.02 Å². The van der Waals surface area contributed by atoms with Crippen LogP contribution in [-0.2, 0) is 24.2 Å². The number of aromatic nitrogens is 2. The zero-order chi connectivity index (χ0) is 23.0. The second kappa shape index (κ2) is 11.0. The fourth-order valence-corrected chi connectivity index (χ4v) is 3.90. The van der Waals surface area contributed by atoms with E-state index in [-0.39, 0.29) is 5.91 Å². The van der Waals surface area contributed by atoms with Crippen molar-refractivity contribution in [1.29, 1.82) is 0 Å². The third-order valence-electron chi connectivity index (χ3n) is 5.50. The number of amides is 1. The fourth-order valence-electron chi connectivity index (χ4n) is 3.78. The number of rotatable bonds is 10. The average molecular weight is 462 g/mol. The van der Waals surface area contributed by atoms with E-state index in [1.807, 2.05) is 42.5 Å². The maximum Gasteiger partial charge on any atom is 0.224 e. The van der Waals surface area contributed by atoms with Gasteiger partial charge in [0.15, 0.2) is 0 Å². The molecule has 170 valence electrons. The normalized spacial score (nSPS) is 11.0. The fraction of sp³-hybridized carbons (Fsp3) is 0.259. The molecule has 0 aliphatic heterocycles. The van der Waals surface area contributed by atoms with Crippen molar-refractivity contribution >= 4 is 28.5 Å². The number of carbonyl (C=O) groups is 1. The molecule has 0 atom stereocenters. The molecule has 0 radical (unpaired) electrons. The molecule has 0 spiro atoms. The molecule has 0 bridgehead atoms. The van der Waals surface area contributed by atoms with Gasteiger partial charge in [0, 0.05) is 24.5 Å². The zero-order valence-corrected chi connectivity index (χ0v) is 19.5. The van der Waals surface area contributed by atoms with Crippen molar-refractivity contribution < 1.29 is 9.53 Å². The molecule has 33 heavy (non-hydrogen) atoms. The van der Waals surface area contributed by atoms with E-state index in [2.05, 4.69) is 35.0 Å². The lowest BCUT2D eigenvalue weighted by Gasteiger charge is -2.11. The third kappa shape index (κ3) is 6.36. The summed E-state index contributed by atoms with van der Waals surface area (Å²) >= 11 is 5.91. The number of benzene rings is 3. The zero-order valence-electron chi connectivity index (χ0n) is 18.8. The Bertz CT molecular complexity index is 1200. The largest absolute Gasteiger partial charge is 0.494 e. The van der Waals surface area contributed by atoms with Gasteiger partial charge in [-0.25, -0.2) is 4.98 Å². The quantitative estimate of drug-likeness (QED) is 0.323. The van der Waals surface area contributed by atoms with Crippen LogP contribution in [0.4, 0.5) is 0 Å². The average Bonchev–Trinajstić information content (AvgIpc) is 3.17. The van der Waals surface area contributed by atoms with Crippen molar-refractivity contribution in [3.05, 3.63) is 94.8 Å². The maximum atomic E-state index is 12.3. The van der Waals surface area contributed by atoms with Crippen LogP contribution >= 0.6 is 11.6 Å². The number of imidazole rings is 1. The highest BCUT2D eigenvalue weighted by Gasteiger charge is 2.11. The summed E-state index contributed by atoms with van der Waals surface area (Å²) in [5, 5.41) is 3.68. The minimum atomic E-state index is -0.00789. The second-order valence-electron chi connectivity index (χ2n) is 8.09. The molecule has 0 unspecified atom stereocenters. The number of nitrogens with zero attached hydrogens (tertiary/aromatic N) is 2. The third-order valence-corrected chi connectivity index (χ3v) is 5.75. The molecule has 0 saturated carbocycles.